The van der Waals surface area contributed by atoms with E-state index in [1.807, 2.05) is 12.1 Å². The number of nitrogens with zero attached hydrogens (tertiary/aromatic N) is 2. The largest absolute Gasteiger partial charge is 0.442 e. The van der Waals surface area contributed by atoms with Crippen LogP contribution in [-0.2, 0) is 26.5 Å². The molecule has 0 aliphatic heterocycles. The third kappa shape index (κ3) is 3.90. The molecular weight excluding hydrogens is 354 g/mol. The van der Waals surface area contributed by atoms with E-state index in [4.69, 9.17) is 16.3 Å². The van der Waals surface area contributed by atoms with E-state index < -0.39 is 10.8 Å². The topological polar surface area (TPSA) is 73.2 Å². The third-order valence-corrected chi connectivity index (χ3v) is 4.66. The van der Waals surface area contributed by atoms with Gasteiger partial charge in [0.15, 0.2) is 6.73 Å². The van der Waals surface area contributed by atoms with Gasteiger partial charge in [0.1, 0.15) is 0 Å². The summed E-state index contributed by atoms with van der Waals surface area (Å²) < 4.78 is 6.68. The van der Waals surface area contributed by atoms with Crippen molar-refractivity contribution in [1.29, 1.82) is 0 Å². The highest BCUT2D eigenvalue weighted by Crippen LogP contribution is 2.49. The molecule has 0 spiro atoms. The first kappa shape index (κ1) is 18.5. The molecular formula is C19H22ClN3O3. The van der Waals surface area contributed by atoms with Crippen molar-refractivity contribution in [2.45, 2.75) is 45.8 Å². The Morgan fingerprint density at radius 2 is 1.92 bits per heavy atom. The van der Waals surface area contributed by atoms with Crippen LogP contribution < -0.4 is 5.32 Å². The number of aromatic nitrogens is 2. The number of esters is 1. The van der Waals surface area contributed by atoms with Crippen molar-refractivity contribution in [3.8, 4) is 0 Å². The average Bonchev–Trinajstić information content (AvgIpc) is 3.27. The van der Waals surface area contributed by atoms with Gasteiger partial charge in [0.05, 0.1) is 28.9 Å². The van der Waals surface area contributed by atoms with E-state index in [2.05, 4.69) is 10.4 Å². The molecule has 1 aromatic carbocycles. The van der Waals surface area contributed by atoms with Crippen LogP contribution in [0.25, 0.3) is 0 Å². The number of amides is 1. The summed E-state index contributed by atoms with van der Waals surface area (Å²) in [6.45, 7) is 5.37. The SMILES string of the molecule is CC(C)(C)C(=O)OCn1cc(NC(=O)C2(c3ccc(Cl)cc3)CC2)cn1. The quantitative estimate of drug-likeness (QED) is 0.807. The second-order valence-electron chi connectivity index (χ2n) is 7.62. The maximum Gasteiger partial charge on any atom is 0.313 e. The van der Waals surface area contributed by atoms with Gasteiger partial charge < -0.3 is 10.1 Å². The van der Waals surface area contributed by atoms with Crippen LogP contribution in [0.3, 0.4) is 0 Å². The Bertz CT molecular complexity index is 817. The lowest BCUT2D eigenvalue weighted by Gasteiger charge is -2.16. The number of carbonyl (C=O) groups excluding carboxylic acids is 2. The molecule has 0 unspecified atom stereocenters. The van der Waals surface area contributed by atoms with Gasteiger partial charge in [0.2, 0.25) is 5.91 Å². The third-order valence-electron chi connectivity index (χ3n) is 4.41. The molecule has 26 heavy (non-hydrogen) atoms. The minimum absolute atomic E-state index is 0.00824. The number of hydrogen-bond donors (Lipinski definition) is 1. The van der Waals surface area contributed by atoms with Gasteiger partial charge in [-0.15, -0.1) is 0 Å². The Balaban J connectivity index is 1.61. The van der Waals surface area contributed by atoms with Crippen LogP contribution in [0.15, 0.2) is 36.7 Å². The second kappa shape index (κ2) is 6.76. The number of rotatable bonds is 5. The molecule has 1 N–H and O–H groups in total. The highest BCUT2D eigenvalue weighted by Gasteiger charge is 2.51. The number of nitrogens with one attached hydrogen (secondary N) is 1. The van der Waals surface area contributed by atoms with Gasteiger partial charge in [0, 0.05) is 5.02 Å². The summed E-state index contributed by atoms with van der Waals surface area (Å²) in [7, 11) is 0. The lowest BCUT2D eigenvalue weighted by Crippen LogP contribution is -2.27. The first-order valence-electron chi connectivity index (χ1n) is 8.48. The molecule has 2 aromatic rings. The minimum Gasteiger partial charge on any atom is -0.442 e. The van der Waals surface area contributed by atoms with E-state index in [1.165, 1.54) is 4.68 Å². The van der Waals surface area contributed by atoms with Crippen LogP contribution in [0.2, 0.25) is 5.02 Å². The Kier molecular flexibility index (Phi) is 4.80. The monoisotopic (exact) mass is 375 g/mol. The van der Waals surface area contributed by atoms with Crippen LogP contribution in [0.4, 0.5) is 5.69 Å². The average molecular weight is 376 g/mol. The molecule has 7 heteroatoms. The van der Waals surface area contributed by atoms with Crippen molar-refractivity contribution in [3.63, 3.8) is 0 Å². The molecule has 0 saturated heterocycles. The molecule has 1 fully saturated rings. The first-order chi connectivity index (χ1) is 12.2. The van der Waals surface area contributed by atoms with E-state index in [0.29, 0.717) is 10.7 Å². The summed E-state index contributed by atoms with van der Waals surface area (Å²) in [6, 6.07) is 7.38. The predicted molar refractivity (Wildman–Crippen MR) is 98.8 cm³/mol. The van der Waals surface area contributed by atoms with Crippen molar-refractivity contribution >= 4 is 29.2 Å². The number of benzene rings is 1. The van der Waals surface area contributed by atoms with Crippen LogP contribution in [0, 0.1) is 5.41 Å². The van der Waals surface area contributed by atoms with E-state index in [9.17, 15) is 9.59 Å². The standard InChI is InChI=1S/C19H22ClN3O3/c1-18(2,3)17(25)26-12-23-11-15(10-21-23)22-16(24)19(8-9-19)13-4-6-14(20)7-5-13/h4-7,10-11H,8-9,12H2,1-3H3,(H,22,24). The normalized spacial score (nSPS) is 15.4. The van der Waals surface area contributed by atoms with E-state index in [-0.39, 0.29) is 18.6 Å². The number of ether oxygens (including phenoxy) is 1. The predicted octanol–water partition coefficient (Wildman–Crippen LogP) is 3.75. The highest BCUT2D eigenvalue weighted by molar-refractivity contribution is 6.30. The van der Waals surface area contributed by atoms with Gasteiger partial charge in [0.25, 0.3) is 0 Å². The van der Waals surface area contributed by atoms with E-state index in [1.54, 1.807) is 45.3 Å². The van der Waals surface area contributed by atoms with Crippen molar-refractivity contribution in [1.82, 2.24) is 9.78 Å². The zero-order chi connectivity index (χ0) is 18.9. The smallest absolute Gasteiger partial charge is 0.313 e. The zero-order valence-corrected chi connectivity index (χ0v) is 15.8. The van der Waals surface area contributed by atoms with Crippen molar-refractivity contribution in [3.05, 3.63) is 47.2 Å². The number of carbonyl (C=O) groups is 2. The highest BCUT2D eigenvalue weighted by atomic mass is 35.5. The van der Waals surface area contributed by atoms with Crippen molar-refractivity contribution in [2.75, 3.05) is 5.32 Å². The zero-order valence-electron chi connectivity index (χ0n) is 15.1. The Morgan fingerprint density at radius 3 is 2.50 bits per heavy atom. The fraction of sp³-hybridized carbons (Fsp3) is 0.421. The molecule has 1 aromatic heterocycles. The summed E-state index contributed by atoms with van der Waals surface area (Å²) in [6.07, 6.45) is 4.79. The van der Waals surface area contributed by atoms with Gasteiger partial charge in [-0.1, -0.05) is 23.7 Å². The number of halogens is 1. The summed E-state index contributed by atoms with van der Waals surface area (Å²) in [5, 5.41) is 7.67. The summed E-state index contributed by atoms with van der Waals surface area (Å²) in [4.78, 5) is 24.5. The summed E-state index contributed by atoms with van der Waals surface area (Å²) >= 11 is 5.93. The molecule has 1 saturated carbocycles. The van der Waals surface area contributed by atoms with Gasteiger partial charge in [-0.05, 0) is 51.3 Å². The maximum atomic E-state index is 12.7. The molecule has 1 aliphatic rings. The fourth-order valence-corrected chi connectivity index (χ4v) is 2.76. The summed E-state index contributed by atoms with van der Waals surface area (Å²) in [5.41, 5.74) is 0.472. The molecule has 3 rings (SSSR count). The van der Waals surface area contributed by atoms with Crippen LogP contribution >= 0.6 is 11.6 Å². The lowest BCUT2D eigenvalue weighted by molar-refractivity contribution is -0.157. The lowest BCUT2D eigenvalue weighted by atomic mass is 9.95. The summed E-state index contributed by atoms with van der Waals surface area (Å²) in [5.74, 6) is -0.371. The number of anilines is 1. The molecule has 1 heterocycles. The van der Waals surface area contributed by atoms with Gasteiger partial charge in [-0.2, -0.15) is 5.10 Å². The van der Waals surface area contributed by atoms with Crippen LogP contribution in [0.5, 0.6) is 0 Å². The van der Waals surface area contributed by atoms with E-state index in [0.717, 1.165) is 18.4 Å². The maximum absolute atomic E-state index is 12.7. The van der Waals surface area contributed by atoms with Gasteiger partial charge in [-0.3, -0.25) is 9.59 Å². The van der Waals surface area contributed by atoms with Crippen molar-refractivity contribution in [2.24, 2.45) is 5.41 Å². The Labute approximate surface area is 157 Å². The molecule has 1 amide bonds. The van der Waals surface area contributed by atoms with Gasteiger partial charge >= 0.3 is 5.97 Å². The van der Waals surface area contributed by atoms with Crippen LogP contribution in [-0.4, -0.2) is 21.7 Å². The van der Waals surface area contributed by atoms with Gasteiger partial charge in [-0.25, -0.2) is 4.68 Å². The fourth-order valence-electron chi connectivity index (χ4n) is 2.63. The molecule has 138 valence electrons. The molecule has 0 bridgehead atoms. The Morgan fingerprint density at radius 1 is 1.27 bits per heavy atom. The molecule has 0 radical (unpaired) electrons. The number of hydrogen-bond acceptors (Lipinski definition) is 4. The minimum atomic E-state index is -0.568. The molecule has 0 atom stereocenters. The molecule has 1 aliphatic carbocycles. The van der Waals surface area contributed by atoms with Crippen molar-refractivity contribution < 1.29 is 14.3 Å². The van der Waals surface area contributed by atoms with Crippen LogP contribution in [0.1, 0.15) is 39.2 Å². The van der Waals surface area contributed by atoms with E-state index >= 15 is 0 Å². The Hall–Kier alpha value is -2.34. The molecule has 6 nitrogen and oxygen atoms in total. The second-order valence-corrected chi connectivity index (χ2v) is 8.06. The first-order valence-corrected chi connectivity index (χ1v) is 8.86.